The second-order valence-electron chi connectivity index (χ2n) is 3.54. The molecule has 15 heavy (non-hydrogen) atoms. The second kappa shape index (κ2) is 4.51. The average molecular weight is 248 g/mol. The molecular formula is C9H11Cl2N3O. The van der Waals surface area contributed by atoms with Gasteiger partial charge in [0.2, 0.25) is 0 Å². The summed E-state index contributed by atoms with van der Waals surface area (Å²) in [5.74, 6) is 0. The van der Waals surface area contributed by atoms with Crippen LogP contribution in [0, 0.1) is 0 Å². The van der Waals surface area contributed by atoms with E-state index in [9.17, 15) is 4.79 Å². The van der Waals surface area contributed by atoms with Gasteiger partial charge in [-0.05, 0) is 25.9 Å². The summed E-state index contributed by atoms with van der Waals surface area (Å²) in [4.78, 5) is 11.8. The minimum atomic E-state index is -0.295. The molecule has 4 nitrogen and oxygen atoms in total. The fourth-order valence-electron chi connectivity index (χ4n) is 1.74. The van der Waals surface area contributed by atoms with Crippen LogP contribution in [0.5, 0.6) is 0 Å². The van der Waals surface area contributed by atoms with Crippen molar-refractivity contribution in [1.82, 2.24) is 15.1 Å². The van der Waals surface area contributed by atoms with E-state index in [1.54, 1.807) is 0 Å². The summed E-state index contributed by atoms with van der Waals surface area (Å²) in [6.07, 6.45) is 3.21. The topological polar surface area (TPSA) is 46.9 Å². The smallest absolute Gasteiger partial charge is 0.287 e. The van der Waals surface area contributed by atoms with Crippen molar-refractivity contribution >= 4 is 23.2 Å². The Hall–Kier alpha value is -0.580. The molecule has 2 rings (SSSR count). The maximum atomic E-state index is 11.8. The molecule has 0 aromatic carbocycles. The van der Waals surface area contributed by atoms with Crippen LogP contribution in [0.1, 0.15) is 18.9 Å². The third-order valence-electron chi connectivity index (χ3n) is 2.56. The Labute approximate surface area is 97.2 Å². The van der Waals surface area contributed by atoms with Crippen molar-refractivity contribution in [2.24, 2.45) is 0 Å². The van der Waals surface area contributed by atoms with E-state index in [0.29, 0.717) is 0 Å². The van der Waals surface area contributed by atoms with Gasteiger partial charge in [0.05, 0.1) is 17.3 Å². The third-order valence-corrected chi connectivity index (χ3v) is 3.30. The van der Waals surface area contributed by atoms with Gasteiger partial charge in [0.15, 0.2) is 0 Å². The first-order valence-corrected chi connectivity index (χ1v) is 5.59. The van der Waals surface area contributed by atoms with E-state index >= 15 is 0 Å². The van der Waals surface area contributed by atoms with Crippen molar-refractivity contribution in [2.45, 2.75) is 18.9 Å². The number of aromatic nitrogens is 2. The lowest BCUT2D eigenvalue weighted by molar-refractivity contribution is 0.331. The molecule has 1 saturated heterocycles. The molecule has 0 aliphatic carbocycles. The fourth-order valence-corrected chi connectivity index (χ4v) is 2.00. The number of piperidine rings is 1. The summed E-state index contributed by atoms with van der Waals surface area (Å²) in [5, 5.41) is 7.53. The summed E-state index contributed by atoms with van der Waals surface area (Å²) >= 11 is 11.5. The molecule has 0 radical (unpaired) electrons. The number of nitrogens with one attached hydrogen (secondary N) is 1. The number of halogens is 2. The van der Waals surface area contributed by atoms with Gasteiger partial charge in [-0.15, -0.1) is 0 Å². The Morgan fingerprint density at radius 2 is 2.07 bits per heavy atom. The summed E-state index contributed by atoms with van der Waals surface area (Å²) in [5.41, 5.74) is -0.295. The highest BCUT2D eigenvalue weighted by Gasteiger charge is 2.18. The molecule has 1 aromatic heterocycles. The lowest BCUT2D eigenvalue weighted by atomic mass is 10.1. The summed E-state index contributed by atoms with van der Waals surface area (Å²) in [7, 11) is 0. The highest BCUT2D eigenvalue weighted by atomic mass is 35.5. The molecule has 1 aliphatic heterocycles. The van der Waals surface area contributed by atoms with E-state index < -0.39 is 0 Å². The van der Waals surface area contributed by atoms with Crippen LogP contribution >= 0.6 is 23.2 Å². The molecule has 2 heterocycles. The molecule has 0 bridgehead atoms. The zero-order valence-corrected chi connectivity index (χ0v) is 9.55. The summed E-state index contributed by atoms with van der Waals surface area (Å²) < 4.78 is 1.44. The number of nitrogens with zero attached hydrogens (tertiary/aromatic N) is 2. The van der Waals surface area contributed by atoms with Crippen LogP contribution in [0.3, 0.4) is 0 Å². The number of hydrogen-bond acceptors (Lipinski definition) is 3. The van der Waals surface area contributed by atoms with Crippen molar-refractivity contribution < 1.29 is 0 Å². The first-order valence-electron chi connectivity index (χ1n) is 4.83. The molecule has 0 atom stereocenters. The van der Waals surface area contributed by atoms with Crippen molar-refractivity contribution in [1.29, 1.82) is 0 Å². The molecule has 82 valence electrons. The Kier molecular flexibility index (Phi) is 3.29. The van der Waals surface area contributed by atoms with Gasteiger partial charge in [-0.1, -0.05) is 23.2 Å². The van der Waals surface area contributed by atoms with Crippen molar-refractivity contribution in [3.8, 4) is 0 Å². The fraction of sp³-hybridized carbons (Fsp3) is 0.556. The van der Waals surface area contributed by atoms with Gasteiger partial charge in [-0.2, -0.15) is 5.10 Å². The second-order valence-corrected chi connectivity index (χ2v) is 4.32. The van der Waals surface area contributed by atoms with E-state index in [4.69, 9.17) is 23.2 Å². The molecule has 0 unspecified atom stereocenters. The SMILES string of the molecule is O=c1c(Cl)c(Cl)cnn1C1CCNCC1. The largest absolute Gasteiger partial charge is 0.317 e. The third kappa shape index (κ3) is 2.17. The zero-order valence-electron chi connectivity index (χ0n) is 8.04. The molecule has 1 aliphatic rings. The maximum Gasteiger partial charge on any atom is 0.287 e. The molecule has 0 amide bonds. The Morgan fingerprint density at radius 3 is 2.73 bits per heavy atom. The highest BCUT2D eigenvalue weighted by Crippen LogP contribution is 2.19. The van der Waals surface area contributed by atoms with E-state index in [-0.39, 0.29) is 21.6 Å². The maximum absolute atomic E-state index is 11.8. The van der Waals surface area contributed by atoms with E-state index in [1.165, 1.54) is 10.9 Å². The van der Waals surface area contributed by atoms with Gasteiger partial charge in [0.25, 0.3) is 5.56 Å². The number of rotatable bonds is 1. The minimum absolute atomic E-state index is 0.0604. The molecule has 0 saturated carbocycles. The van der Waals surface area contributed by atoms with Crippen LogP contribution in [0.4, 0.5) is 0 Å². The molecule has 1 N–H and O–H groups in total. The van der Waals surface area contributed by atoms with Gasteiger partial charge in [-0.3, -0.25) is 4.79 Å². The molecule has 0 spiro atoms. The Balaban J connectivity index is 2.35. The summed E-state index contributed by atoms with van der Waals surface area (Å²) in [6.45, 7) is 1.80. The molecule has 6 heteroatoms. The zero-order chi connectivity index (χ0) is 10.8. The average Bonchev–Trinajstić information content (AvgIpc) is 2.27. The molecule has 1 fully saturated rings. The monoisotopic (exact) mass is 247 g/mol. The van der Waals surface area contributed by atoms with Gasteiger partial charge in [0, 0.05) is 0 Å². The minimum Gasteiger partial charge on any atom is -0.317 e. The van der Waals surface area contributed by atoms with Crippen LogP contribution in [0.25, 0.3) is 0 Å². The van der Waals surface area contributed by atoms with Crippen LogP contribution < -0.4 is 10.9 Å². The van der Waals surface area contributed by atoms with Gasteiger partial charge >= 0.3 is 0 Å². The Morgan fingerprint density at radius 1 is 1.40 bits per heavy atom. The first kappa shape index (κ1) is 10.9. The standard InChI is InChI=1S/C9H11Cl2N3O/c10-7-5-13-14(9(15)8(7)11)6-1-3-12-4-2-6/h5-6,12H,1-4H2. The van der Waals surface area contributed by atoms with Crippen molar-refractivity contribution in [2.75, 3.05) is 13.1 Å². The Bertz CT molecular complexity index is 412. The van der Waals surface area contributed by atoms with Crippen LogP contribution in [-0.4, -0.2) is 22.9 Å². The quantitative estimate of drug-likeness (QED) is 0.818. The lowest BCUT2D eigenvalue weighted by Gasteiger charge is -2.23. The van der Waals surface area contributed by atoms with Gasteiger partial charge in [0.1, 0.15) is 5.02 Å². The number of hydrogen-bond donors (Lipinski definition) is 1. The summed E-state index contributed by atoms with van der Waals surface area (Å²) in [6, 6.07) is 0.133. The van der Waals surface area contributed by atoms with Crippen LogP contribution in [0.2, 0.25) is 10.0 Å². The normalized spacial score (nSPS) is 18.0. The van der Waals surface area contributed by atoms with Crippen LogP contribution in [0.15, 0.2) is 11.0 Å². The predicted octanol–water partition coefficient (Wildman–Crippen LogP) is 1.47. The van der Waals surface area contributed by atoms with Gasteiger partial charge in [-0.25, -0.2) is 4.68 Å². The first-order chi connectivity index (χ1) is 7.20. The highest BCUT2D eigenvalue weighted by molar-refractivity contribution is 6.41. The van der Waals surface area contributed by atoms with E-state index in [0.717, 1.165) is 25.9 Å². The lowest BCUT2D eigenvalue weighted by Crippen LogP contribution is -2.35. The molecule has 1 aromatic rings. The molecular weight excluding hydrogens is 237 g/mol. The van der Waals surface area contributed by atoms with Gasteiger partial charge < -0.3 is 5.32 Å². The van der Waals surface area contributed by atoms with Crippen LogP contribution in [-0.2, 0) is 0 Å². The van der Waals surface area contributed by atoms with Crippen molar-refractivity contribution in [3.05, 3.63) is 26.6 Å². The van der Waals surface area contributed by atoms with Crippen molar-refractivity contribution in [3.63, 3.8) is 0 Å². The van der Waals surface area contributed by atoms with E-state index in [1.807, 2.05) is 0 Å². The predicted molar refractivity (Wildman–Crippen MR) is 59.7 cm³/mol. The van der Waals surface area contributed by atoms with E-state index in [2.05, 4.69) is 10.4 Å².